The molecule has 0 amide bonds. The van der Waals surface area contributed by atoms with E-state index in [0.29, 0.717) is 5.92 Å². The molecule has 0 saturated heterocycles. The van der Waals surface area contributed by atoms with Gasteiger partial charge in [0.2, 0.25) is 0 Å². The lowest BCUT2D eigenvalue weighted by atomic mass is 10.2. The quantitative estimate of drug-likeness (QED) is 0.881. The third kappa shape index (κ3) is 3.12. The third-order valence-corrected chi connectivity index (χ3v) is 2.71. The number of nitrogens with one attached hydrogen (secondary N) is 1. The summed E-state index contributed by atoms with van der Waals surface area (Å²) in [5.41, 5.74) is 2.34. The Morgan fingerprint density at radius 2 is 2.11 bits per heavy atom. The number of rotatable bonds is 5. The Kier molecular flexibility index (Phi) is 3.69. The minimum atomic E-state index is 0.615. The molecule has 2 heterocycles. The Labute approximate surface area is 108 Å². The molecule has 0 aromatic carbocycles. The highest BCUT2D eigenvalue weighted by molar-refractivity contribution is 5.42. The highest BCUT2D eigenvalue weighted by Gasteiger charge is 2.04. The zero-order valence-corrected chi connectivity index (χ0v) is 11.5. The molecule has 0 spiro atoms. The summed E-state index contributed by atoms with van der Waals surface area (Å²) in [7, 11) is 1.93. The Morgan fingerprint density at radius 1 is 1.33 bits per heavy atom. The molecule has 0 bridgehead atoms. The van der Waals surface area contributed by atoms with Gasteiger partial charge >= 0.3 is 0 Å². The van der Waals surface area contributed by atoms with Crippen molar-refractivity contribution in [3.63, 3.8) is 0 Å². The summed E-state index contributed by atoms with van der Waals surface area (Å²) in [6, 6.07) is 0. The Bertz CT molecular complexity index is 509. The van der Waals surface area contributed by atoms with E-state index in [2.05, 4.69) is 42.5 Å². The second-order valence-corrected chi connectivity index (χ2v) is 5.15. The van der Waals surface area contributed by atoms with E-state index < -0.39 is 0 Å². The van der Waals surface area contributed by atoms with Crippen LogP contribution < -0.4 is 5.32 Å². The van der Waals surface area contributed by atoms with Crippen molar-refractivity contribution in [2.45, 2.75) is 33.9 Å². The lowest BCUT2D eigenvalue weighted by Crippen LogP contribution is -2.04. The fourth-order valence-corrected chi connectivity index (χ4v) is 1.94. The smallest absolute Gasteiger partial charge is 0.151 e. The molecule has 18 heavy (non-hydrogen) atoms. The van der Waals surface area contributed by atoms with Crippen LogP contribution in [-0.2, 0) is 20.1 Å². The molecule has 0 fully saturated rings. The second-order valence-electron chi connectivity index (χ2n) is 5.15. The number of anilines is 1. The highest BCUT2D eigenvalue weighted by atomic mass is 15.3. The minimum absolute atomic E-state index is 0.615. The standard InChI is InChI=1S/C13H21N5/c1-10(2)7-18-9-12(6-15-18)5-14-13-11(3)8-17(4)16-13/h6,8-10H,5,7H2,1-4H3,(H,14,16). The first kappa shape index (κ1) is 12.7. The average Bonchev–Trinajstić information content (AvgIpc) is 2.82. The van der Waals surface area contributed by atoms with E-state index >= 15 is 0 Å². The van der Waals surface area contributed by atoms with Crippen LogP contribution in [0.25, 0.3) is 0 Å². The van der Waals surface area contributed by atoms with Gasteiger partial charge in [-0.1, -0.05) is 13.8 Å². The maximum atomic E-state index is 4.36. The number of aryl methyl sites for hydroxylation is 2. The Morgan fingerprint density at radius 3 is 2.72 bits per heavy atom. The molecule has 1 N–H and O–H groups in total. The van der Waals surface area contributed by atoms with Crippen LogP contribution in [0.1, 0.15) is 25.0 Å². The molecule has 2 aromatic rings. The maximum absolute atomic E-state index is 4.36. The first-order valence-electron chi connectivity index (χ1n) is 6.30. The predicted octanol–water partition coefficient (Wildman–Crippen LogP) is 2.19. The van der Waals surface area contributed by atoms with Crippen molar-refractivity contribution in [2.75, 3.05) is 5.32 Å². The molecular weight excluding hydrogens is 226 g/mol. The van der Waals surface area contributed by atoms with Crippen molar-refractivity contribution < 1.29 is 0 Å². The molecule has 5 nitrogen and oxygen atoms in total. The molecule has 0 aliphatic carbocycles. The van der Waals surface area contributed by atoms with Gasteiger partial charge in [-0.05, 0) is 12.8 Å². The van der Waals surface area contributed by atoms with E-state index in [1.807, 2.05) is 28.8 Å². The van der Waals surface area contributed by atoms with E-state index in [-0.39, 0.29) is 0 Å². The molecule has 2 rings (SSSR count). The van der Waals surface area contributed by atoms with Crippen molar-refractivity contribution in [3.05, 3.63) is 29.7 Å². The van der Waals surface area contributed by atoms with Gasteiger partial charge in [0.05, 0.1) is 6.20 Å². The van der Waals surface area contributed by atoms with Crippen LogP contribution in [0.5, 0.6) is 0 Å². The summed E-state index contributed by atoms with van der Waals surface area (Å²) in [5, 5.41) is 12.0. The first-order valence-corrected chi connectivity index (χ1v) is 6.30. The largest absolute Gasteiger partial charge is 0.364 e. The summed E-state index contributed by atoms with van der Waals surface area (Å²) < 4.78 is 3.81. The van der Waals surface area contributed by atoms with Gasteiger partial charge in [0.15, 0.2) is 5.82 Å². The first-order chi connectivity index (χ1) is 8.54. The number of aromatic nitrogens is 4. The summed E-state index contributed by atoms with van der Waals surface area (Å²) in [5.74, 6) is 1.55. The summed E-state index contributed by atoms with van der Waals surface area (Å²) >= 11 is 0. The summed E-state index contributed by atoms with van der Waals surface area (Å²) in [4.78, 5) is 0. The minimum Gasteiger partial charge on any atom is -0.364 e. The number of nitrogens with zero attached hydrogens (tertiary/aromatic N) is 4. The van der Waals surface area contributed by atoms with Gasteiger partial charge in [-0.2, -0.15) is 10.2 Å². The lowest BCUT2D eigenvalue weighted by Gasteiger charge is -2.04. The van der Waals surface area contributed by atoms with Crippen molar-refractivity contribution in [1.29, 1.82) is 0 Å². The van der Waals surface area contributed by atoms with Crippen molar-refractivity contribution in [3.8, 4) is 0 Å². The molecule has 5 heteroatoms. The fourth-order valence-electron chi connectivity index (χ4n) is 1.94. The fraction of sp³-hybridized carbons (Fsp3) is 0.538. The third-order valence-electron chi connectivity index (χ3n) is 2.71. The van der Waals surface area contributed by atoms with Crippen molar-refractivity contribution in [1.82, 2.24) is 19.6 Å². The molecule has 0 radical (unpaired) electrons. The van der Waals surface area contributed by atoms with Gasteiger partial charge in [0.1, 0.15) is 0 Å². The highest BCUT2D eigenvalue weighted by Crippen LogP contribution is 2.12. The number of hydrogen-bond acceptors (Lipinski definition) is 3. The van der Waals surface area contributed by atoms with Gasteiger partial charge in [0, 0.05) is 43.7 Å². The molecule has 98 valence electrons. The van der Waals surface area contributed by atoms with Crippen molar-refractivity contribution >= 4 is 5.82 Å². The van der Waals surface area contributed by atoms with Crippen molar-refractivity contribution in [2.24, 2.45) is 13.0 Å². The molecule has 0 aliphatic rings. The normalized spacial score (nSPS) is 11.2. The van der Waals surface area contributed by atoms with Crippen LogP contribution in [0.4, 0.5) is 5.82 Å². The summed E-state index contributed by atoms with van der Waals surface area (Å²) in [6.45, 7) is 8.16. The van der Waals surface area contributed by atoms with Gasteiger partial charge in [-0.3, -0.25) is 9.36 Å². The SMILES string of the molecule is Cc1cn(C)nc1NCc1cnn(CC(C)C)c1. The zero-order chi connectivity index (χ0) is 13.1. The summed E-state index contributed by atoms with van der Waals surface area (Å²) in [6.07, 6.45) is 6.00. The van der Waals surface area contributed by atoms with Gasteiger partial charge in [0.25, 0.3) is 0 Å². The van der Waals surface area contributed by atoms with Crippen LogP contribution in [0.3, 0.4) is 0 Å². The van der Waals surface area contributed by atoms with Gasteiger partial charge in [-0.25, -0.2) is 0 Å². The van der Waals surface area contributed by atoms with Crippen LogP contribution in [0.2, 0.25) is 0 Å². The maximum Gasteiger partial charge on any atom is 0.151 e. The number of hydrogen-bond donors (Lipinski definition) is 1. The van der Waals surface area contributed by atoms with Crippen LogP contribution >= 0.6 is 0 Å². The monoisotopic (exact) mass is 247 g/mol. The van der Waals surface area contributed by atoms with E-state index in [1.54, 1.807) is 0 Å². The Balaban J connectivity index is 1.94. The van der Waals surface area contributed by atoms with Gasteiger partial charge in [-0.15, -0.1) is 0 Å². The second kappa shape index (κ2) is 5.25. The molecule has 0 atom stereocenters. The van der Waals surface area contributed by atoms with E-state index in [4.69, 9.17) is 0 Å². The predicted molar refractivity (Wildman–Crippen MR) is 72.3 cm³/mol. The van der Waals surface area contributed by atoms with Crippen LogP contribution in [0.15, 0.2) is 18.6 Å². The van der Waals surface area contributed by atoms with E-state index in [0.717, 1.165) is 24.5 Å². The molecule has 0 unspecified atom stereocenters. The van der Waals surface area contributed by atoms with Crippen LogP contribution in [-0.4, -0.2) is 19.6 Å². The molecular formula is C13H21N5. The van der Waals surface area contributed by atoms with Crippen LogP contribution in [0, 0.1) is 12.8 Å². The van der Waals surface area contributed by atoms with E-state index in [1.165, 1.54) is 5.56 Å². The topological polar surface area (TPSA) is 47.7 Å². The molecule has 0 aliphatic heterocycles. The molecule has 0 saturated carbocycles. The van der Waals surface area contributed by atoms with E-state index in [9.17, 15) is 0 Å². The zero-order valence-electron chi connectivity index (χ0n) is 11.5. The average molecular weight is 247 g/mol. The lowest BCUT2D eigenvalue weighted by molar-refractivity contribution is 0.483. The molecule has 2 aromatic heterocycles. The Hall–Kier alpha value is -1.78. The van der Waals surface area contributed by atoms with Gasteiger partial charge < -0.3 is 5.32 Å².